The maximum absolute atomic E-state index is 11.4. The third-order valence-corrected chi connectivity index (χ3v) is 2.78. The molecule has 2 unspecified atom stereocenters. The topological polar surface area (TPSA) is 191 Å². The Morgan fingerprint density at radius 1 is 0.783 bits per heavy atom. The third kappa shape index (κ3) is 9.68. The first-order valence-electron chi connectivity index (χ1n) is 7.22. The van der Waals surface area contributed by atoms with Gasteiger partial charge in [0.05, 0.1) is 6.42 Å². The van der Waals surface area contributed by atoms with Crippen molar-refractivity contribution >= 4 is 23.9 Å². The summed E-state index contributed by atoms with van der Waals surface area (Å²) in [6.07, 6.45) is 0.883. The van der Waals surface area contributed by atoms with Crippen LogP contribution >= 0.6 is 0 Å². The molecule has 23 heavy (non-hydrogen) atoms. The number of unbranched alkanes of at least 4 members (excludes halogenated alkanes) is 1. The van der Waals surface area contributed by atoms with Crippen molar-refractivity contribution in [3.8, 4) is 0 Å². The molecule has 0 aromatic heterocycles. The highest BCUT2D eigenvalue weighted by Gasteiger charge is 2.19. The lowest BCUT2D eigenvalue weighted by molar-refractivity contribution is -0.161. The number of rotatable bonds is 10. The molecule has 132 valence electrons. The van der Waals surface area contributed by atoms with Gasteiger partial charge in [0.25, 0.3) is 0 Å². The van der Waals surface area contributed by atoms with Crippen molar-refractivity contribution in [1.82, 2.24) is 0 Å². The largest absolute Gasteiger partial charge is 0.392 e. The van der Waals surface area contributed by atoms with E-state index in [2.05, 4.69) is 9.47 Å². The molecule has 0 heterocycles. The fourth-order valence-corrected chi connectivity index (χ4v) is 1.44. The number of nitrogens with two attached hydrogens (primary N) is 4. The van der Waals surface area contributed by atoms with Crippen LogP contribution in [0.15, 0.2) is 0 Å². The lowest BCUT2D eigenvalue weighted by atomic mass is 10.1. The Kier molecular flexibility index (Phi) is 10.7. The maximum Gasteiger partial charge on any atom is 0.331 e. The number of esters is 4. The van der Waals surface area contributed by atoms with E-state index in [1.54, 1.807) is 0 Å². The van der Waals surface area contributed by atoms with Crippen LogP contribution < -0.4 is 22.9 Å². The van der Waals surface area contributed by atoms with Crippen molar-refractivity contribution in [3.05, 3.63) is 0 Å². The number of hydrogen-bond donors (Lipinski definition) is 4. The fourth-order valence-electron chi connectivity index (χ4n) is 1.44. The van der Waals surface area contributed by atoms with Gasteiger partial charge in [0.15, 0.2) is 0 Å². The molecule has 0 aromatic rings. The summed E-state index contributed by atoms with van der Waals surface area (Å²) in [5, 5.41) is 0. The van der Waals surface area contributed by atoms with Gasteiger partial charge in [-0.05, 0) is 12.8 Å². The second-order valence-corrected chi connectivity index (χ2v) is 4.82. The highest BCUT2D eigenvalue weighted by Crippen LogP contribution is 2.05. The summed E-state index contributed by atoms with van der Waals surface area (Å²) in [5.41, 5.74) is 21.2. The molecule has 0 amide bonds. The Morgan fingerprint density at radius 2 is 1.30 bits per heavy atom. The molecular formula is C13H24N4O6. The molecule has 0 saturated carbocycles. The zero-order chi connectivity index (χ0) is 17.8. The molecule has 0 fully saturated rings. The van der Waals surface area contributed by atoms with E-state index in [-0.39, 0.29) is 32.4 Å². The normalized spacial score (nSPS) is 13.0. The summed E-state index contributed by atoms with van der Waals surface area (Å²) in [7, 11) is 0. The quantitative estimate of drug-likeness (QED) is 0.191. The molecule has 0 aliphatic heterocycles. The molecule has 10 heteroatoms. The van der Waals surface area contributed by atoms with Crippen LogP contribution in [0, 0.1) is 0 Å². The van der Waals surface area contributed by atoms with E-state index < -0.39 is 36.0 Å². The molecule has 0 aliphatic carbocycles. The van der Waals surface area contributed by atoms with Gasteiger partial charge in [-0.2, -0.15) is 0 Å². The average Bonchev–Trinajstić information content (AvgIpc) is 2.50. The SMILES string of the molecule is NCCC(=O)OC(=O)C(N)CCCCC(=O)OC(=O)C(N)CN. The van der Waals surface area contributed by atoms with Crippen LogP contribution in [-0.4, -0.2) is 49.1 Å². The molecule has 8 N–H and O–H groups in total. The monoisotopic (exact) mass is 332 g/mol. The van der Waals surface area contributed by atoms with Crippen LogP contribution in [0.3, 0.4) is 0 Å². The molecule has 0 spiro atoms. The predicted octanol–water partition coefficient (Wildman–Crippen LogP) is -2.35. The summed E-state index contributed by atoms with van der Waals surface area (Å²) in [6.45, 7) is -0.0397. The van der Waals surface area contributed by atoms with Gasteiger partial charge in [-0.15, -0.1) is 0 Å². The summed E-state index contributed by atoms with van der Waals surface area (Å²) in [6, 6.07) is -2.01. The standard InChI is InChI=1S/C13H24N4O6/c14-6-5-11(19)23-12(20)8(16)3-1-2-4-10(18)22-13(21)9(17)7-15/h8-9H,1-7,14-17H2. The lowest BCUT2D eigenvalue weighted by Gasteiger charge is -2.10. The molecule has 0 aromatic carbocycles. The minimum atomic E-state index is -1.03. The van der Waals surface area contributed by atoms with Crippen molar-refractivity contribution in [2.75, 3.05) is 13.1 Å². The highest BCUT2D eigenvalue weighted by atomic mass is 16.6. The van der Waals surface area contributed by atoms with E-state index in [0.29, 0.717) is 12.8 Å². The molecule has 0 bridgehead atoms. The Hall–Kier alpha value is -1.88. The zero-order valence-electron chi connectivity index (χ0n) is 12.9. The average molecular weight is 332 g/mol. The van der Waals surface area contributed by atoms with Crippen LogP contribution in [0.1, 0.15) is 32.1 Å². The van der Waals surface area contributed by atoms with Gasteiger partial charge in [-0.1, -0.05) is 6.42 Å². The fraction of sp³-hybridized carbons (Fsp3) is 0.692. The van der Waals surface area contributed by atoms with Crippen LogP contribution in [0.4, 0.5) is 0 Å². The van der Waals surface area contributed by atoms with Gasteiger partial charge in [0.1, 0.15) is 12.1 Å². The van der Waals surface area contributed by atoms with Gasteiger partial charge >= 0.3 is 23.9 Å². The third-order valence-electron chi connectivity index (χ3n) is 2.78. The maximum atomic E-state index is 11.4. The summed E-state index contributed by atoms with van der Waals surface area (Å²) in [5.74, 6) is -3.18. The lowest BCUT2D eigenvalue weighted by Crippen LogP contribution is -2.40. The van der Waals surface area contributed by atoms with Gasteiger partial charge in [-0.3, -0.25) is 9.59 Å². The second kappa shape index (κ2) is 11.7. The molecule has 0 aliphatic rings. The Bertz CT molecular complexity index is 429. The minimum absolute atomic E-state index is 0.0309. The van der Waals surface area contributed by atoms with Crippen molar-refractivity contribution in [2.45, 2.75) is 44.2 Å². The Labute approximate surface area is 133 Å². The van der Waals surface area contributed by atoms with E-state index in [0.717, 1.165) is 0 Å². The van der Waals surface area contributed by atoms with Crippen molar-refractivity contribution in [3.63, 3.8) is 0 Å². The van der Waals surface area contributed by atoms with Crippen LogP contribution in [-0.2, 0) is 28.7 Å². The summed E-state index contributed by atoms with van der Waals surface area (Å²) in [4.78, 5) is 45.1. The first-order valence-corrected chi connectivity index (χ1v) is 7.22. The summed E-state index contributed by atoms with van der Waals surface area (Å²) >= 11 is 0. The van der Waals surface area contributed by atoms with Crippen molar-refractivity contribution in [1.29, 1.82) is 0 Å². The number of carbonyl (C=O) groups is 4. The first kappa shape index (κ1) is 21.1. The highest BCUT2D eigenvalue weighted by molar-refractivity contribution is 5.89. The Morgan fingerprint density at radius 3 is 1.83 bits per heavy atom. The molecule has 10 nitrogen and oxygen atoms in total. The van der Waals surface area contributed by atoms with Crippen molar-refractivity contribution < 1.29 is 28.7 Å². The van der Waals surface area contributed by atoms with Crippen LogP contribution in [0.2, 0.25) is 0 Å². The van der Waals surface area contributed by atoms with Gasteiger partial charge in [-0.25, -0.2) is 9.59 Å². The molecule has 2 atom stereocenters. The Balaban J connectivity index is 3.89. The van der Waals surface area contributed by atoms with Gasteiger partial charge < -0.3 is 32.4 Å². The number of ether oxygens (including phenoxy) is 2. The van der Waals surface area contributed by atoms with Crippen molar-refractivity contribution in [2.24, 2.45) is 22.9 Å². The minimum Gasteiger partial charge on any atom is -0.392 e. The van der Waals surface area contributed by atoms with Gasteiger partial charge in [0.2, 0.25) is 0 Å². The second-order valence-electron chi connectivity index (χ2n) is 4.82. The van der Waals surface area contributed by atoms with E-state index in [4.69, 9.17) is 22.9 Å². The first-order chi connectivity index (χ1) is 10.8. The van der Waals surface area contributed by atoms with E-state index in [1.807, 2.05) is 0 Å². The molecule has 0 rings (SSSR count). The van der Waals surface area contributed by atoms with Gasteiger partial charge in [0, 0.05) is 19.5 Å². The predicted molar refractivity (Wildman–Crippen MR) is 79.3 cm³/mol. The number of carbonyl (C=O) groups excluding carboxylic acids is 4. The van der Waals surface area contributed by atoms with E-state index in [9.17, 15) is 19.2 Å². The number of hydrogen-bond acceptors (Lipinski definition) is 10. The van der Waals surface area contributed by atoms with Crippen LogP contribution in [0.5, 0.6) is 0 Å². The molecule has 0 radical (unpaired) electrons. The van der Waals surface area contributed by atoms with E-state index in [1.165, 1.54) is 0 Å². The van der Waals surface area contributed by atoms with Crippen LogP contribution in [0.25, 0.3) is 0 Å². The van der Waals surface area contributed by atoms with E-state index >= 15 is 0 Å². The molecular weight excluding hydrogens is 308 g/mol. The molecule has 0 saturated heterocycles. The smallest absolute Gasteiger partial charge is 0.331 e. The zero-order valence-corrected chi connectivity index (χ0v) is 12.9. The summed E-state index contributed by atoms with van der Waals surface area (Å²) < 4.78 is 8.95.